The molecule has 2 rings (SSSR count). The molecule has 1 aromatic rings. The summed E-state index contributed by atoms with van der Waals surface area (Å²) >= 11 is 0. The van der Waals surface area contributed by atoms with Crippen molar-refractivity contribution in [2.75, 3.05) is 13.1 Å². The maximum atomic E-state index is 13.2. The number of nitro benzene ring substituents is 1. The maximum absolute atomic E-state index is 13.2. The van der Waals surface area contributed by atoms with Gasteiger partial charge >= 0.3 is 0 Å². The molecule has 1 aliphatic heterocycles. The summed E-state index contributed by atoms with van der Waals surface area (Å²) in [5, 5.41) is 19.9. The van der Waals surface area contributed by atoms with E-state index in [4.69, 9.17) is 0 Å². The number of aliphatic hydroxyl groups excluding tert-OH is 1. The van der Waals surface area contributed by atoms with Crippen molar-refractivity contribution in [2.45, 2.75) is 12.5 Å². The molecule has 1 saturated heterocycles. The predicted octanol–water partition coefficient (Wildman–Crippen LogP) is 0.941. The molecule has 1 aromatic carbocycles. The van der Waals surface area contributed by atoms with E-state index in [2.05, 4.69) is 0 Å². The number of amides is 1. The van der Waals surface area contributed by atoms with E-state index in [1.165, 1.54) is 4.90 Å². The van der Waals surface area contributed by atoms with E-state index < -0.39 is 28.4 Å². The van der Waals surface area contributed by atoms with Gasteiger partial charge in [0.25, 0.3) is 11.6 Å². The van der Waals surface area contributed by atoms with Crippen molar-refractivity contribution in [3.8, 4) is 0 Å². The summed E-state index contributed by atoms with van der Waals surface area (Å²) in [7, 11) is 0. The minimum absolute atomic E-state index is 0.0733. The average Bonchev–Trinajstić information content (AvgIpc) is 2.74. The molecule has 0 bridgehead atoms. The van der Waals surface area contributed by atoms with Crippen LogP contribution >= 0.6 is 0 Å². The molecule has 6 nitrogen and oxygen atoms in total. The quantitative estimate of drug-likeness (QED) is 0.628. The van der Waals surface area contributed by atoms with Gasteiger partial charge in [-0.05, 0) is 12.5 Å². The first-order chi connectivity index (χ1) is 8.47. The van der Waals surface area contributed by atoms with Gasteiger partial charge in [-0.1, -0.05) is 0 Å². The normalized spacial score (nSPS) is 19.0. The van der Waals surface area contributed by atoms with Gasteiger partial charge in [-0.15, -0.1) is 0 Å². The lowest BCUT2D eigenvalue weighted by atomic mass is 10.1. The second-order valence-corrected chi connectivity index (χ2v) is 4.15. The Hall–Kier alpha value is -2.02. The molecule has 1 atom stereocenters. The van der Waals surface area contributed by atoms with Crippen molar-refractivity contribution < 1.29 is 19.2 Å². The van der Waals surface area contributed by atoms with Crippen LogP contribution in [-0.4, -0.2) is 40.0 Å². The monoisotopic (exact) mass is 254 g/mol. The van der Waals surface area contributed by atoms with E-state index in [1.807, 2.05) is 0 Å². The van der Waals surface area contributed by atoms with Crippen molar-refractivity contribution in [3.63, 3.8) is 0 Å². The highest BCUT2D eigenvalue weighted by Gasteiger charge is 2.26. The van der Waals surface area contributed by atoms with Gasteiger partial charge in [0.15, 0.2) is 0 Å². The number of nitrogens with zero attached hydrogens (tertiary/aromatic N) is 2. The Morgan fingerprint density at radius 2 is 2.22 bits per heavy atom. The van der Waals surface area contributed by atoms with Gasteiger partial charge in [-0.2, -0.15) is 0 Å². The molecular formula is C11H11FN2O4. The van der Waals surface area contributed by atoms with Gasteiger partial charge in [0.1, 0.15) is 5.82 Å². The molecule has 1 aliphatic rings. The molecular weight excluding hydrogens is 243 g/mol. The maximum Gasteiger partial charge on any atom is 0.273 e. The molecule has 7 heteroatoms. The number of non-ortho nitro benzene ring substituents is 1. The third-order valence-electron chi connectivity index (χ3n) is 2.79. The Morgan fingerprint density at radius 1 is 1.50 bits per heavy atom. The molecule has 1 N–H and O–H groups in total. The Balaban J connectivity index is 2.27. The van der Waals surface area contributed by atoms with Crippen molar-refractivity contribution in [3.05, 3.63) is 39.7 Å². The number of carbonyl (C=O) groups is 1. The van der Waals surface area contributed by atoms with Crippen molar-refractivity contribution in [1.29, 1.82) is 0 Å². The number of halogens is 1. The van der Waals surface area contributed by atoms with Gasteiger partial charge in [0, 0.05) is 24.7 Å². The Bertz CT molecular complexity index is 506. The van der Waals surface area contributed by atoms with Crippen LogP contribution in [0, 0.1) is 15.9 Å². The lowest BCUT2D eigenvalue weighted by Crippen LogP contribution is -2.29. The Kier molecular flexibility index (Phi) is 3.24. The molecule has 0 radical (unpaired) electrons. The molecule has 1 heterocycles. The number of hydrogen-bond donors (Lipinski definition) is 1. The second-order valence-electron chi connectivity index (χ2n) is 4.15. The summed E-state index contributed by atoms with van der Waals surface area (Å²) in [6.07, 6.45) is -0.124. The highest BCUT2D eigenvalue weighted by Crippen LogP contribution is 2.19. The van der Waals surface area contributed by atoms with Crippen LogP contribution in [0.25, 0.3) is 0 Å². The van der Waals surface area contributed by atoms with Crippen LogP contribution in [0.3, 0.4) is 0 Å². The number of rotatable bonds is 2. The van der Waals surface area contributed by atoms with Crippen molar-refractivity contribution in [1.82, 2.24) is 4.90 Å². The fraction of sp³-hybridized carbons (Fsp3) is 0.364. The largest absolute Gasteiger partial charge is 0.391 e. The molecule has 1 fully saturated rings. The van der Waals surface area contributed by atoms with E-state index in [-0.39, 0.29) is 12.1 Å². The summed E-state index contributed by atoms with van der Waals surface area (Å²) in [4.78, 5) is 23.1. The lowest BCUT2D eigenvalue weighted by Gasteiger charge is -2.15. The molecule has 0 unspecified atom stereocenters. The molecule has 0 saturated carbocycles. The molecule has 18 heavy (non-hydrogen) atoms. The average molecular weight is 254 g/mol. The summed E-state index contributed by atoms with van der Waals surface area (Å²) in [6.45, 7) is 0.535. The first-order valence-electron chi connectivity index (χ1n) is 5.39. The lowest BCUT2D eigenvalue weighted by molar-refractivity contribution is -0.385. The van der Waals surface area contributed by atoms with Gasteiger partial charge in [-0.25, -0.2) is 4.39 Å². The second kappa shape index (κ2) is 4.69. The number of hydrogen-bond acceptors (Lipinski definition) is 4. The predicted molar refractivity (Wildman–Crippen MR) is 59.6 cm³/mol. The summed E-state index contributed by atoms with van der Waals surface area (Å²) < 4.78 is 13.2. The number of nitro groups is 1. The van der Waals surface area contributed by atoms with Crippen LogP contribution in [-0.2, 0) is 0 Å². The molecule has 96 valence electrons. The number of carbonyl (C=O) groups excluding carboxylic acids is 1. The third-order valence-corrected chi connectivity index (χ3v) is 2.79. The van der Waals surface area contributed by atoms with Crippen LogP contribution in [0.15, 0.2) is 18.2 Å². The molecule has 0 spiro atoms. The number of benzene rings is 1. The fourth-order valence-electron chi connectivity index (χ4n) is 1.91. The van der Waals surface area contributed by atoms with E-state index in [0.717, 1.165) is 18.2 Å². The SMILES string of the molecule is O=C(c1cc(F)cc([N+](=O)[O-])c1)N1CC[C@@H](O)C1. The topological polar surface area (TPSA) is 83.7 Å². The zero-order valence-corrected chi connectivity index (χ0v) is 9.38. The summed E-state index contributed by atoms with van der Waals surface area (Å²) in [6, 6.07) is 2.76. The highest BCUT2D eigenvalue weighted by atomic mass is 19.1. The zero-order chi connectivity index (χ0) is 13.3. The smallest absolute Gasteiger partial charge is 0.273 e. The Labute approximate surface area is 102 Å². The van der Waals surface area contributed by atoms with Gasteiger partial charge in [0.2, 0.25) is 0 Å². The van der Waals surface area contributed by atoms with Crippen molar-refractivity contribution in [2.24, 2.45) is 0 Å². The summed E-state index contributed by atoms with van der Waals surface area (Å²) in [5.74, 6) is -1.33. The first-order valence-corrected chi connectivity index (χ1v) is 5.39. The van der Waals surface area contributed by atoms with Crippen LogP contribution in [0.1, 0.15) is 16.8 Å². The third kappa shape index (κ3) is 2.45. The minimum atomic E-state index is -0.827. The van der Waals surface area contributed by atoms with E-state index in [1.54, 1.807) is 0 Å². The van der Waals surface area contributed by atoms with Gasteiger partial charge in [-0.3, -0.25) is 14.9 Å². The van der Waals surface area contributed by atoms with Crippen LogP contribution in [0.4, 0.5) is 10.1 Å². The highest BCUT2D eigenvalue weighted by molar-refractivity contribution is 5.95. The van der Waals surface area contributed by atoms with Crippen molar-refractivity contribution >= 4 is 11.6 Å². The fourth-order valence-corrected chi connectivity index (χ4v) is 1.91. The zero-order valence-electron chi connectivity index (χ0n) is 9.38. The first kappa shape index (κ1) is 12.4. The van der Waals surface area contributed by atoms with Crippen LogP contribution in [0.5, 0.6) is 0 Å². The van der Waals surface area contributed by atoms with E-state index in [9.17, 15) is 24.4 Å². The minimum Gasteiger partial charge on any atom is -0.391 e. The standard InChI is InChI=1S/C11H11FN2O4/c12-8-3-7(4-9(5-8)14(17)18)11(16)13-2-1-10(15)6-13/h3-5,10,15H,1-2,6H2/t10-/m1/s1. The molecule has 1 amide bonds. The molecule has 0 aliphatic carbocycles. The van der Waals surface area contributed by atoms with E-state index in [0.29, 0.717) is 13.0 Å². The number of likely N-dealkylation sites (tertiary alicyclic amines) is 1. The number of aliphatic hydroxyl groups is 1. The van der Waals surface area contributed by atoms with E-state index >= 15 is 0 Å². The van der Waals surface area contributed by atoms with Gasteiger partial charge in [0.05, 0.1) is 17.1 Å². The summed E-state index contributed by atoms with van der Waals surface area (Å²) in [5.41, 5.74) is -0.533. The van der Waals surface area contributed by atoms with Crippen LogP contribution < -0.4 is 0 Å². The van der Waals surface area contributed by atoms with Crippen LogP contribution in [0.2, 0.25) is 0 Å². The van der Waals surface area contributed by atoms with Gasteiger partial charge < -0.3 is 10.0 Å². The molecule has 0 aromatic heterocycles. The number of β-amino-alcohol motifs (C(OH)–C–C–N with tert-alkyl or cyclic N) is 1. The Morgan fingerprint density at radius 3 is 2.78 bits per heavy atom.